The smallest absolute Gasteiger partial charge is 0.475 e. The van der Waals surface area contributed by atoms with Crippen LogP contribution < -0.4 is 5.32 Å². The Balaban J connectivity index is 0.000000360. The number of alkyl halides is 4. The first-order chi connectivity index (χ1) is 15.1. The van der Waals surface area contributed by atoms with Crippen LogP contribution in [-0.4, -0.2) is 77.5 Å². The zero-order valence-corrected chi connectivity index (χ0v) is 16.9. The van der Waals surface area contributed by atoms with Crippen molar-refractivity contribution in [2.75, 3.05) is 26.2 Å². The summed E-state index contributed by atoms with van der Waals surface area (Å²) >= 11 is 0. The number of nitrogens with one attached hydrogen (secondary N) is 1. The Labute approximate surface area is 180 Å². The summed E-state index contributed by atoms with van der Waals surface area (Å²) in [5, 5.41) is 10.1. The number of nitrogens with zero attached hydrogens (tertiary/aromatic N) is 2. The van der Waals surface area contributed by atoms with Crippen molar-refractivity contribution in [1.82, 2.24) is 15.2 Å². The van der Waals surface area contributed by atoms with E-state index in [1.807, 2.05) is 4.90 Å². The number of carbonyl (C=O) groups excluding carboxylic acids is 2. The van der Waals surface area contributed by atoms with Gasteiger partial charge in [-0.3, -0.25) is 14.6 Å². The second kappa shape index (κ2) is 9.80. The van der Waals surface area contributed by atoms with Crippen LogP contribution in [0.2, 0.25) is 0 Å². The van der Waals surface area contributed by atoms with Crippen molar-refractivity contribution in [2.45, 2.75) is 31.3 Å². The Bertz CT molecular complexity index is 832. The predicted molar refractivity (Wildman–Crippen MR) is 101 cm³/mol. The van der Waals surface area contributed by atoms with Crippen LogP contribution in [0.1, 0.15) is 23.2 Å². The predicted octanol–water partition coefficient (Wildman–Crippen LogP) is 1.67. The lowest BCUT2D eigenvalue weighted by Crippen LogP contribution is -2.42. The lowest BCUT2D eigenvalue weighted by molar-refractivity contribution is -0.192. The maximum atomic E-state index is 13.0. The lowest BCUT2D eigenvalue weighted by atomic mass is 9.82. The first kappa shape index (κ1) is 23.9. The second-order valence-electron chi connectivity index (χ2n) is 8.06. The summed E-state index contributed by atoms with van der Waals surface area (Å²) in [5.74, 6) is -2.57. The van der Waals surface area contributed by atoms with Crippen molar-refractivity contribution in [3.05, 3.63) is 30.1 Å². The van der Waals surface area contributed by atoms with Gasteiger partial charge in [-0.25, -0.2) is 9.18 Å². The van der Waals surface area contributed by atoms with Crippen LogP contribution >= 0.6 is 0 Å². The molecule has 1 aromatic rings. The fourth-order valence-corrected chi connectivity index (χ4v) is 4.02. The van der Waals surface area contributed by atoms with Gasteiger partial charge in [0.15, 0.2) is 0 Å². The van der Waals surface area contributed by atoms with Crippen molar-refractivity contribution in [2.24, 2.45) is 17.8 Å². The highest BCUT2D eigenvalue weighted by Gasteiger charge is 2.47. The van der Waals surface area contributed by atoms with E-state index < -0.39 is 18.3 Å². The van der Waals surface area contributed by atoms with Gasteiger partial charge in [0.1, 0.15) is 6.17 Å². The molecule has 0 radical (unpaired) electrons. The van der Waals surface area contributed by atoms with Gasteiger partial charge in [-0.15, -0.1) is 0 Å². The number of pyridine rings is 1. The van der Waals surface area contributed by atoms with Crippen LogP contribution in [0.5, 0.6) is 0 Å². The number of ether oxygens (including phenoxy) is 1. The summed E-state index contributed by atoms with van der Waals surface area (Å²) in [6.07, 6.45) is -1.99. The quantitative estimate of drug-likeness (QED) is 0.661. The molecular formula is C20H23F4N3O5. The van der Waals surface area contributed by atoms with Gasteiger partial charge in [0.2, 0.25) is 5.91 Å². The second-order valence-corrected chi connectivity index (χ2v) is 8.06. The number of likely N-dealkylation sites (tertiary alicyclic amines) is 1. The standard InChI is InChI=1S/C18H22FN3O3.C2HF3O2/c19-14-4-12(5-14)18(24)22-8-15-13(10-25-16(15)9-22)7-21-17(23)11-2-1-3-20-6-11;3-2(4,5)1(6)7/h1-3,6,12-16H,4-5,7-10H2,(H,21,23);(H,6,7)/t12?,13-,14?,15-,16-;/m1./s1. The third-order valence-corrected chi connectivity index (χ3v) is 5.87. The largest absolute Gasteiger partial charge is 0.490 e. The zero-order valence-electron chi connectivity index (χ0n) is 16.9. The Hall–Kier alpha value is -2.76. The van der Waals surface area contributed by atoms with Gasteiger partial charge >= 0.3 is 12.1 Å². The van der Waals surface area contributed by atoms with E-state index in [1.54, 1.807) is 18.3 Å². The number of carbonyl (C=O) groups is 3. The Morgan fingerprint density at radius 3 is 2.50 bits per heavy atom. The molecule has 3 fully saturated rings. The first-order valence-electron chi connectivity index (χ1n) is 10.1. The van der Waals surface area contributed by atoms with E-state index in [9.17, 15) is 27.2 Å². The summed E-state index contributed by atoms with van der Waals surface area (Å²) in [6.45, 7) is 2.35. The van der Waals surface area contributed by atoms with E-state index in [4.69, 9.17) is 14.6 Å². The molecule has 0 unspecified atom stereocenters. The highest BCUT2D eigenvalue weighted by molar-refractivity contribution is 5.93. The minimum Gasteiger partial charge on any atom is -0.475 e. The molecule has 4 rings (SSSR count). The third-order valence-electron chi connectivity index (χ3n) is 5.87. The minimum atomic E-state index is -5.08. The van der Waals surface area contributed by atoms with Crippen LogP contribution in [-0.2, 0) is 14.3 Å². The van der Waals surface area contributed by atoms with Gasteiger partial charge in [0.05, 0.1) is 18.3 Å². The fourth-order valence-electron chi connectivity index (χ4n) is 4.02. The van der Waals surface area contributed by atoms with Crippen LogP contribution in [0.3, 0.4) is 0 Å². The molecule has 8 nitrogen and oxygen atoms in total. The number of fused-ring (bicyclic) bond motifs is 1. The van der Waals surface area contributed by atoms with Gasteiger partial charge in [-0.05, 0) is 25.0 Å². The van der Waals surface area contributed by atoms with Crippen LogP contribution in [0.15, 0.2) is 24.5 Å². The average Bonchev–Trinajstić information content (AvgIpc) is 3.31. The maximum absolute atomic E-state index is 13.0. The molecule has 2 N–H and O–H groups in total. The SMILES string of the molecule is O=C(NC[C@@H]1CO[C@@H]2CN(C(=O)C3CC(F)C3)C[C@H]12)c1cccnc1.O=C(O)C(F)(F)F. The summed E-state index contributed by atoms with van der Waals surface area (Å²) in [4.78, 5) is 39.2. The van der Waals surface area contributed by atoms with Gasteiger partial charge in [-0.1, -0.05) is 0 Å². The topological polar surface area (TPSA) is 109 Å². The van der Waals surface area contributed by atoms with E-state index in [1.165, 1.54) is 6.20 Å². The number of carboxylic acids is 1. The van der Waals surface area contributed by atoms with Crippen molar-refractivity contribution in [3.63, 3.8) is 0 Å². The third kappa shape index (κ3) is 5.72. The maximum Gasteiger partial charge on any atom is 0.490 e. The van der Waals surface area contributed by atoms with Gasteiger partial charge in [0, 0.05) is 49.8 Å². The Kier molecular flexibility index (Phi) is 7.32. The number of aromatic nitrogens is 1. The van der Waals surface area contributed by atoms with Crippen LogP contribution in [0.25, 0.3) is 0 Å². The molecular weight excluding hydrogens is 438 g/mol. The fraction of sp³-hybridized carbons (Fsp3) is 0.600. The summed E-state index contributed by atoms with van der Waals surface area (Å²) in [7, 11) is 0. The summed E-state index contributed by atoms with van der Waals surface area (Å²) < 4.78 is 50.5. The van der Waals surface area contributed by atoms with Crippen molar-refractivity contribution >= 4 is 17.8 Å². The molecule has 1 saturated carbocycles. The number of aliphatic carboxylic acids is 1. The lowest BCUT2D eigenvalue weighted by Gasteiger charge is -2.32. The van der Waals surface area contributed by atoms with E-state index >= 15 is 0 Å². The van der Waals surface area contributed by atoms with E-state index in [0.717, 1.165) is 0 Å². The molecule has 2 amide bonds. The molecule has 3 aliphatic rings. The van der Waals surface area contributed by atoms with E-state index in [-0.39, 0.29) is 35.7 Å². The highest BCUT2D eigenvalue weighted by atomic mass is 19.4. The molecule has 2 aliphatic heterocycles. The number of amides is 2. The minimum absolute atomic E-state index is 0.0329. The molecule has 0 bridgehead atoms. The molecule has 12 heteroatoms. The summed E-state index contributed by atoms with van der Waals surface area (Å²) in [6, 6.07) is 3.45. The molecule has 32 heavy (non-hydrogen) atoms. The number of hydrogen-bond acceptors (Lipinski definition) is 5. The monoisotopic (exact) mass is 461 g/mol. The van der Waals surface area contributed by atoms with E-state index in [2.05, 4.69) is 10.3 Å². The molecule has 3 atom stereocenters. The van der Waals surface area contributed by atoms with Gasteiger partial charge in [0.25, 0.3) is 5.91 Å². The van der Waals surface area contributed by atoms with Crippen LogP contribution in [0, 0.1) is 17.8 Å². The van der Waals surface area contributed by atoms with Crippen molar-refractivity contribution in [3.8, 4) is 0 Å². The van der Waals surface area contributed by atoms with Gasteiger partial charge < -0.3 is 20.1 Å². The number of halogens is 4. The van der Waals surface area contributed by atoms with Gasteiger partial charge in [-0.2, -0.15) is 13.2 Å². The molecule has 2 saturated heterocycles. The molecule has 0 aromatic carbocycles. The number of carboxylic acid groups (broad SMARTS) is 1. The molecule has 3 heterocycles. The van der Waals surface area contributed by atoms with E-state index in [0.29, 0.717) is 44.6 Å². The Morgan fingerprint density at radius 1 is 1.25 bits per heavy atom. The number of rotatable bonds is 4. The number of hydrogen-bond donors (Lipinski definition) is 2. The average molecular weight is 461 g/mol. The van der Waals surface area contributed by atoms with Crippen molar-refractivity contribution in [1.29, 1.82) is 0 Å². The normalized spacial score (nSPS) is 28.8. The first-order valence-corrected chi connectivity index (χ1v) is 10.1. The zero-order chi connectivity index (χ0) is 23.5. The molecule has 176 valence electrons. The highest BCUT2D eigenvalue weighted by Crippen LogP contribution is 2.37. The molecule has 0 spiro atoms. The van der Waals surface area contributed by atoms with Crippen molar-refractivity contribution < 1.29 is 41.8 Å². The van der Waals surface area contributed by atoms with Crippen LogP contribution in [0.4, 0.5) is 17.6 Å². The Morgan fingerprint density at radius 2 is 1.94 bits per heavy atom. The summed E-state index contributed by atoms with van der Waals surface area (Å²) in [5.41, 5.74) is 0.534. The molecule has 1 aromatic heterocycles. The molecule has 1 aliphatic carbocycles.